The van der Waals surface area contributed by atoms with Gasteiger partial charge in [-0.1, -0.05) is 30.3 Å². The molecule has 1 nitrogen and oxygen atoms in total. The van der Waals surface area contributed by atoms with E-state index < -0.39 is 0 Å². The summed E-state index contributed by atoms with van der Waals surface area (Å²) in [4.78, 5) is 10.4. The van der Waals surface area contributed by atoms with Gasteiger partial charge in [0.15, 0.2) is 0 Å². The van der Waals surface area contributed by atoms with E-state index >= 15 is 0 Å². The van der Waals surface area contributed by atoms with Crippen molar-refractivity contribution in [1.29, 1.82) is 0 Å². The molecule has 1 aromatic carbocycles. The molecular weight excluding hydrogens is 144 g/mol. The second-order valence-electron chi connectivity index (χ2n) is 2.03. The molecule has 10 heavy (non-hydrogen) atoms. The van der Waals surface area contributed by atoms with Crippen LogP contribution in [-0.2, 0) is 23.8 Å². The predicted octanol–water partition coefficient (Wildman–Crippen LogP) is 1.30. The highest BCUT2D eigenvalue weighted by molar-refractivity contribution is 7.77. The van der Waals surface area contributed by atoms with Gasteiger partial charge in [0.2, 0.25) is 0 Å². The molecule has 0 unspecified atom stereocenters. The fourth-order valence-electron chi connectivity index (χ4n) is 0.763. The van der Waals surface area contributed by atoms with Crippen LogP contribution in [0.3, 0.4) is 0 Å². The summed E-state index contributed by atoms with van der Waals surface area (Å²) in [5.41, 5.74) is 0.988. The number of hydrogen-bond acceptors (Lipinski definition) is 2. The molecular formula is C8H7OS-. The Balaban J connectivity index is 2.67. The third-order valence-corrected chi connectivity index (χ3v) is 1.34. The van der Waals surface area contributed by atoms with Crippen molar-refractivity contribution in [3.05, 3.63) is 35.9 Å². The first-order chi connectivity index (χ1) is 4.79. The molecule has 0 spiro atoms. The van der Waals surface area contributed by atoms with Crippen molar-refractivity contribution in [3.63, 3.8) is 0 Å². The second kappa shape index (κ2) is 3.32. The van der Waals surface area contributed by atoms with E-state index in [2.05, 4.69) is 12.6 Å². The quantitative estimate of drug-likeness (QED) is 0.593. The summed E-state index contributed by atoms with van der Waals surface area (Å²) in [5.74, 6) is 0. The molecule has 52 valence electrons. The van der Waals surface area contributed by atoms with E-state index in [-0.39, 0.29) is 5.12 Å². The Labute approximate surface area is 65.5 Å². The topological polar surface area (TPSA) is 17.1 Å². The first-order valence-electron chi connectivity index (χ1n) is 3.03. The Hall–Kier alpha value is -0.890. The van der Waals surface area contributed by atoms with Crippen LogP contribution in [0.5, 0.6) is 0 Å². The van der Waals surface area contributed by atoms with Crippen molar-refractivity contribution >= 4 is 17.7 Å². The molecule has 0 atom stereocenters. The van der Waals surface area contributed by atoms with Gasteiger partial charge in [-0.25, -0.2) is 0 Å². The van der Waals surface area contributed by atoms with Gasteiger partial charge in [-0.15, -0.1) is 0 Å². The van der Waals surface area contributed by atoms with Crippen molar-refractivity contribution in [2.24, 2.45) is 0 Å². The Morgan fingerprint density at radius 1 is 1.30 bits per heavy atom. The lowest BCUT2D eigenvalue weighted by Crippen LogP contribution is -1.95. The number of carbonyl (C=O) groups is 1. The molecule has 0 saturated carbocycles. The van der Waals surface area contributed by atoms with Gasteiger partial charge >= 0.3 is 0 Å². The van der Waals surface area contributed by atoms with Crippen molar-refractivity contribution in [3.8, 4) is 0 Å². The van der Waals surface area contributed by atoms with Crippen molar-refractivity contribution in [2.45, 2.75) is 6.42 Å². The van der Waals surface area contributed by atoms with Gasteiger partial charge in [-0.05, 0) is 5.56 Å². The van der Waals surface area contributed by atoms with E-state index in [0.29, 0.717) is 6.42 Å². The van der Waals surface area contributed by atoms with Gasteiger partial charge in [0, 0.05) is 11.5 Å². The fraction of sp³-hybridized carbons (Fsp3) is 0.125. The highest BCUT2D eigenvalue weighted by Crippen LogP contribution is 1.98. The maximum atomic E-state index is 10.4. The normalized spacial score (nSPS) is 9.20. The fourth-order valence-corrected chi connectivity index (χ4v) is 0.929. The molecule has 0 aliphatic carbocycles. The minimum absolute atomic E-state index is 0.203. The summed E-state index contributed by atoms with van der Waals surface area (Å²) >= 11 is 4.42. The highest BCUT2D eigenvalue weighted by atomic mass is 32.1. The average molecular weight is 151 g/mol. The molecule has 0 bridgehead atoms. The van der Waals surface area contributed by atoms with E-state index in [1.807, 2.05) is 30.3 Å². The number of carbonyl (C=O) groups excluding carboxylic acids is 1. The molecule has 0 heterocycles. The van der Waals surface area contributed by atoms with Crippen LogP contribution < -0.4 is 0 Å². The largest absolute Gasteiger partial charge is 0.742 e. The number of rotatable bonds is 2. The van der Waals surface area contributed by atoms with Gasteiger partial charge in [-0.3, -0.25) is 0 Å². The molecule has 1 rings (SSSR count). The summed E-state index contributed by atoms with van der Waals surface area (Å²) in [7, 11) is 0. The van der Waals surface area contributed by atoms with Crippen molar-refractivity contribution in [2.75, 3.05) is 0 Å². The zero-order chi connectivity index (χ0) is 7.40. The second-order valence-corrected chi connectivity index (χ2v) is 2.49. The lowest BCUT2D eigenvalue weighted by Gasteiger charge is -2.01. The minimum atomic E-state index is -0.203. The maximum Gasteiger partial charge on any atom is 0.0163 e. The summed E-state index contributed by atoms with van der Waals surface area (Å²) in [5, 5.41) is -0.203. The SMILES string of the molecule is O=C([S-])Cc1ccccc1. The number of hydrogen-bond donors (Lipinski definition) is 0. The molecule has 0 radical (unpaired) electrons. The third kappa shape index (κ3) is 2.15. The molecule has 0 saturated heterocycles. The summed E-state index contributed by atoms with van der Waals surface area (Å²) in [6, 6.07) is 9.49. The van der Waals surface area contributed by atoms with Gasteiger partial charge in [0.05, 0.1) is 0 Å². The molecule has 0 amide bonds. The Morgan fingerprint density at radius 3 is 2.40 bits per heavy atom. The van der Waals surface area contributed by atoms with Gasteiger partial charge in [-0.2, -0.15) is 0 Å². The molecule has 1 aromatic rings. The monoisotopic (exact) mass is 151 g/mol. The Kier molecular flexibility index (Phi) is 2.40. The van der Waals surface area contributed by atoms with E-state index in [1.165, 1.54) is 0 Å². The van der Waals surface area contributed by atoms with Crippen LogP contribution in [0, 0.1) is 0 Å². The van der Waals surface area contributed by atoms with Crippen LogP contribution in [0.25, 0.3) is 0 Å². The first-order valence-corrected chi connectivity index (χ1v) is 3.43. The molecule has 0 aromatic heterocycles. The van der Waals surface area contributed by atoms with Gasteiger partial charge in [0.25, 0.3) is 0 Å². The van der Waals surface area contributed by atoms with Crippen LogP contribution in [0.2, 0.25) is 0 Å². The Bertz CT molecular complexity index is 218. The lowest BCUT2D eigenvalue weighted by atomic mass is 10.2. The summed E-state index contributed by atoms with van der Waals surface area (Å²) in [6.45, 7) is 0. The average Bonchev–Trinajstić information content (AvgIpc) is 1.88. The minimum Gasteiger partial charge on any atom is -0.742 e. The smallest absolute Gasteiger partial charge is 0.0163 e. The van der Waals surface area contributed by atoms with Gasteiger partial charge in [0.1, 0.15) is 0 Å². The Morgan fingerprint density at radius 2 is 1.90 bits per heavy atom. The van der Waals surface area contributed by atoms with Crippen molar-refractivity contribution in [1.82, 2.24) is 0 Å². The van der Waals surface area contributed by atoms with Crippen LogP contribution >= 0.6 is 0 Å². The first kappa shape index (κ1) is 7.22. The standard InChI is InChI=1S/C8H8OS/c9-8(10)6-7-4-2-1-3-5-7/h1-5H,6H2,(H,9,10)/p-1. The third-order valence-electron chi connectivity index (χ3n) is 1.19. The summed E-state index contributed by atoms with van der Waals surface area (Å²) < 4.78 is 0. The van der Waals surface area contributed by atoms with Gasteiger partial charge < -0.3 is 17.4 Å². The molecule has 0 aliphatic rings. The summed E-state index contributed by atoms with van der Waals surface area (Å²) in [6.07, 6.45) is 0.371. The zero-order valence-electron chi connectivity index (χ0n) is 5.41. The van der Waals surface area contributed by atoms with E-state index in [4.69, 9.17) is 0 Å². The zero-order valence-corrected chi connectivity index (χ0v) is 6.23. The van der Waals surface area contributed by atoms with Crippen LogP contribution in [-0.4, -0.2) is 5.12 Å². The maximum absolute atomic E-state index is 10.4. The lowest BCUT2D eigenvalue weighted by molar-refractivity contribution is -0.110. The molecule has 2 heteroatoms. The van der Waals surface area contributed by atoms with E-state index in [9.17, 15) is 4.79 Å². The molecule has 0 fully saturated rings. The van der Waals surface area contributed by atoms with Crippen LogP contribution in [0.1, 0.15) is 5.56 Å². The van der Waals surface area contributed by atoms with E-state index in [0.717, 1.165) is 5.56 Å². The van der Waals surface area contributed by atoms with Crippen LogP contribution in [0.15, 0.2) is 30.3 Å². The van der Waals surface area contributed by atoms with E-state index in [1.54, 1.807) is 0 Å². The predicted molar refractivity (Wildman–Crippen MR) is 42.5 cm³/mol. The molecule has 0 N–H and O–H groups in total. The van der Waals surface area contributed by atoms with Crippen LogP contribution in [0.4, 0.5) is 0 Å². The highest BCUT2D eigenvalue weighted by Gasteiger charge is 1.87. The molecule has 0 aliphatic heterocycles. The van der Waals surface area contributed by atoms with Crippen molar-refractivity contribution < 1.29 is 4.79 Å². The number of benzene rings is 1.